The quantitative estimate of drug-likeness (QED) is 0.726. The summed E-state index contributed by atoms with van der Waals surface area (Å²) >= 11 is 11.6. The molecule has 1 aromatic rings. The van der Waals surface area contributed by atoms with E-state index in [0.717, 1.165) is 13.1 Å². The summed E-state index contributed by atoms with van der Waals surface area (Å²) in [7, 11) is 0. The maximum atomic E-state index is 5.82. The smallest absolute Gasteiger partial charge is 0.0399 e. The molecule has 0 spiro atoms. The molecule has 1 nitrogen and oxygen atoms in total. The van der Waals surface area contributed by atoms with E-state index in [1.165, 1.54) is 22.4 Å². The number of anilines is 1. The van der Waals surface area contributed by atoms with Crippen molar-refractivity contribution in [3.05, 3.63) is 28.8 Å². The van der Waals surface area contributed by atoms with Crippen LogP contribution in [0.4, 0.5) is 5.69 Å². The van der Waals surface area contributed by atoms with Crippen LogP contribution in [-0.4, -0.2) is 24.8 Å². The zero-order chi connectivity index (χ0) is 12.1. The minimum absolute atomic E-state index is 0.628. The third-order valence-electron chi connectivity index (χ3n) is 2.86. The van der Waals surface area contributed by atoms with Gasteiger partial charge in [-0.05, 0) is 43.5 Å². The Morgan fingerprint density at radius 2 is 1.38 bits per heavy atom. The number of aryl methyl sites for hydroxylation is 3. The maximum absolute atomic E-state index is 5.82. The van der Waals surface area contributed by atoms with Gasteiger partial charge in [0.25, 0.3) is 0 Å². The van der Waals surface area contributed by atoms with Crippen molar-refractivity contribution in [3.8, 4) is 0 Å². The summed E-state index contributed by atoms with van der Waals surface area (Å²) < 4.78 is 0. The van der Waals surface area contributed by atoms with Gasteiger partial charge in [-0.1, -0.05) is 6.07 Å². The van der Waals surface area contributed by atoms with Gasteiger partial charge in [0.1, 0.15) is 0 Å². The Morgan fingerprint density at radius 3 is 1.88 bits per heavy atom. The molecular formula is C13H19Cl2N. The largest absolute Gasteiger partial charge is 0.369 e. The van der Waals surface area contributed by atoms with Crippen LogP contribution in [0, 0.1) is 20.8 Å². The highest BCUT2D eigenvalue weighted by molar-refractivity contribution is 6.18. The number of nitrogens with zero attached hydrogens (tertiary/aromatic N) is 1. The zero-order valence-corrected chi connectivity index (χ0v) is 11.7. The van der Waals surface area contributed by atoms with Crippen molar-refractivity contribution in [1.29, 1.82) is 0 Å². The second-order valence-corrected chi connectivity index (χ2v) is 4.84. The van der Waals surface area contributed by atoms with Gasteiger partial charge in [0, 0.05) is 30.5 Å². The van der Waals surface area contributed by atoms with Crippen molar-refractivity contribution in [1.82, 2.24) is 0 Å². The Bertz CT molecular complexity index is 344. The average molecular weight is 260 g/mol. The number of alkyl halides is 2. The molecule has 0 N–H and O–H groups in total. The van der Waals surface area contributed by atoms with E-state index >= 15 is 0 Å². The number of halogens is 2. The lowest BCUT2D eigenvalue weighted by atomic mass is 10.0. The summed E-state index contributed by atoms with van der Waals surface area (Å²) in [5.74, 6) is 1.26. The molecule has 0 bridgehead atoms. The van der Waals surface area contributed by atoms with Crippen molar-refractivity contribution >= 4 is 28.9 Å². The molecule has 0 amide bonds. The minimum atomic E-state index is 0.628. The first-order valence-corrected chi connectivity index (χ1v) is 6.61. The molecule has 3 heteroatoms. The number of rotatable bonds is 5. The van der Waals surface area contributed by atoms with Crippen molar-refractivity contribution in [3.63, 3.8) is 0 Å². The summed E-state index contributed by atoms with van der Waals surface area (Å²) in [4.78, 5) is 2.25. The Kier molecular flexibility index (Phi) is 5.43. The average Bonchev–Trinajstić information content (AvgIpc) is 2.23. The lowest BCUT2D eigenvalue weighted by Gasteiger charge is -2.25. The SMILES string of the molecule is Cc1cc(C)c(N(CCCl)CCCl)cc1C. The van der Waals surface area contributed by atoms with Crippen LogP contribution in [0.1, 0.15) is 16.7 Å². The predicted octanol–water partition coefficient (Wildman–Crippen LogP) is 3.90. The molecule has 0 radical (unpaired) electrons. The van der Waals surface area contributed by atoms with E-state index in [2.05, 4.69) is 37.8 Å². The van der Waals surface area contributed by atoms with Gasteiger partial charge >= 0.3 is 0 Å². The molecule has 90 valence electrons. The van der Waals surface area contributed by atoms with Crippen LogP contribution in [0.25, 0.3) is 0 Å². The Balaban J connectivity index is 3.03. The van der Waals surface area contributed by atoms with Gasteiger partial charge in [-0.15, -0.1) is 23.2 Å². The van der Waals surface area contributed by atoms with E-state index < -0.39 is 0 Å². The lowest BCUT2D eigenvalue weighted by molar-refractivity contribution is 0.868. The van der Waals surface area contributed by atoms with Crippen LogP contribution in [-0.2, 0) is 0 Å². The van der Waals surface area contributed by atoms with E-state index in [1.807, 2.05) is 0 Å². The number of hydrogen-bond acceptors (Lipinski definition) is 1. The van der Waals surface area contributed by atoms with Crippen LogP contribution in [0.3, 0.4) is 0 Å². The van der Waals surface area contributed by atoms with Crippen LogP contribution >= 0.6 is 23.2 Å². The molecule has 0 aromatic heterocycles. The molecule has 1 rings (SSSR count). The second-order valence-electron chi connectivity index (χ2n) is 4.09. The first-order chi connectivity index (χ1) is 7.60. The standard InChI is InChI=1S/C13H19Cl2N/c1-10-8-12(3)13(9-11(10)2)16(6-4-14)7-5-15/h8-9H,4-7H2,1-3H3. The fraction of sp³-hybridized carbons (Fsp3) is 0.538. The third-order valence-corrected chi connectivity index (χ3v) is 3.20. The van der Waals surface area contributed by atoms with Gasteiger partial charge in [-0.3, -0.25) is 0 Å². The molecule has 0 saturated heterocycles. The van der Waals surface area contributed by atoms with Gasteiger partial charge in [0.05, 0.1) is 0 Å². The lowest BCUT2D eigenvalue weighted by Crippen LogP contribution is -2.28. The first kappa shape index (κ1) is 13.7. The molecule has 0 aliphatic carbocycles. The van der Waals surface area contributed by atoms with Gasteiger partial charge in [-0.2, -0.15) is 0 Å². The molecule has 1 aromatic carbocycles. The minimum Gasteiger partial charge on any atom is -0.369 e. The van der Waals surface area contributed by atoms with Gasteiger partial charge in [0.2, 0.25) is 0 Å². The van der Waals surface area contributed by atoms with Crippen LogP contribution in [0.15, 0.2) is 12.1 Å². The predicted molar refractivity (Wildman–Crippen MR) is 74.3 cm³/mol. The highest BCUT2D eigenvalue weighted by atomic mass is 35.5. The summed E-state index contributed by atoms with van der Waals surface area (Å²) in [6, 6.07) is 4.45. The summed E-state index contributed by atoms with van der Waals surface area (Å²) in [5, 5.41) is 0. The summed E-state index contributed by atoms with van der Waals surface area (Å²) in [5.41, 5.74) is 5.19. The van der Waals surface area contributed by atoms with Gasteiger partial charge < -0.3 is 4.90 Å². The highest BCUT2D eigenvalue weighted by Crippen LogP contribution is 2.24. The summed E-state index contributed by atoms with van der Waals surface area (Å²) in [6.45, 7) is 8.10. The maximum Gasteiger partial charge on any atom is 0.0399 e. The van der Waals surface area contributed by atoms with Crippen molar-refractivity contribution in [2.45, 2.75) is 20.8 Å². The number of benzene rings is 1. The van der Waals surface area contributed by atoms with Gasteiger partial charge in [-0.25, -0.2) is 0 Å². The van der Waals surface area contributed by atoms with E-state index in [4.69, 9.17) is 23.2 Å². The molecule has 0 atom stereocenters. The molecule has 0 fully saturated rings. The topological polar surface area (TPSA) is 3.24 Å². The first-order valence-electron chi connectivity index (χ1n) is 5.55. The fourth-order valence-corrected chi connectivity index (χ4v) is 2.25. The van der Waals surface area contributed by atoms with E-state index in [9.17, 15) is 0 Å². The zero-order valence-electron chi connectivity index (χ0n) is 10.2. The molecule has 0 saturated carbocycles. The third kappa shape index (κ3) is 3.29. The Morgan fingerprint density at radius 1 is 0.875 bits per heavy atom. The Hall–Kier alpha value is -0.400. The van der Waals surface area contributed by atoms with Gasteiger partial charge in [0.15, 0.2) is 0 Å². The molecule has 0 aliphatic heterocycles. The van der Waals surface area contributed by atoms with E-state index in [-0.39, 0.29) is 0 Å². The second kappa shape index (κ2) is 6.36. The van der Waals surface area contributed by atoms with E-state index in [0.29, 0.717) is 11.8 Å². The molecule has 0 heterocycles. The van der Waals surface area contributed by atoms with Crippen molar-refractivity contribution in [2.75, 3.05) is 29.7 Å². The van der Waals surface area contributed by atoms with Crippen molar-refractivity contribution in [2.24, 2.45) is 0 Å². The number of hydrogen-bond donors (Lipinski definition) is 0. The summed E-state index contributed by atoms with van der Waals surface area (Å²) in [6.07, 6.45) is 0. The molecule has 16 heavy (non-hydrogen) atoms. The molecule has 0 unspecified atom stereocenters. The highest BCUT2D eigenvalue weighted by Gasteiger charge is 2.09. The van der Waals surface area contributed by atoms with E-state index in [1.54, 1.807) is 0 Å². The molecular weight excluding hydrogens is 241 g/mol. The Labute approximate surface area is 108 Å². The monoisotopic (exact) mass is 259 g/mol. The van der Waals surface area contributed by atoms with Crippen molar-refractivity contribution < 1.29 is 0 Å². The van der Waals surface area contributed by atoms with Crippen LogP contribution < -0.4 is 4.90 Å². The normalized spacial score (nSPS) is 10.6. The van der Waals surface area contributed by atoms with Crippen LogP contribution in [0.2, 0.25) is 0 Å². The fourth-order valence-electron chi connectivity index (χ4n) is 1.84. The van der Waals surface area contributed by atoms with Crippen LogP contribution in [0.5, 0.6) is 0 Å². The molecule has 0 aliphatic rings.